The van der Waals surface area contributed by atoms with Gasteiger partial charge in [0.25, 0.3) is 5.91 Å². The average molecular weight is 475 g/mol. The van der Waals surface area contributed by atoms with Crippen molar-refractivity contribution in [3.05, 3.63) is 77.5 Å². The van der Waals surface area contributed by atoms with Crippen LogP contribution in [-0.4, -0.2) is 42.2 Å². The summed E-state index contributed by atoms with van der Waals surface area (Å²) in [5, 5.41) is 2.17. The summed E-state index contributed by atoms with van der Waals surface area (Å²) in [5.41, 5.74) is 2.84. The first-order valence-electron chi connectivity index (χ1n) is 11.2. The molecule has 0 aliphatic carbocycles. The van der Waals surface area contributed by atoms with Gasteiger partial charge in [-0.2, -0.15) is 0 Å². The number of aryl methyl sites for hydroxylation is 1. The molecule has 1 fully saturated rings. The zero-order chi connectivity index (χ0) is 24.2. The van der Waals surface area contributed by atoms with E-state index >= 15 is 0 Å². The van der Waals surface area contributed by atoms with Gasteiger partial charge in [0.2, 0.25) is 0 Å². The molecule has 1 heterocycles. The standard InChI is InChI=1S/C27H26N2O4S/c1-4-18-10-13-20(14-11-18)29-26(31)23(28(27(29)34)17-25(30)32-3)16-22-21-9-7-6-8-19(21)12-15-24(22)33-5-2/h6-16H,4-5,17H2,1-3H3/b23-16-. The van der Waals surface area contributed by atoms with Gasteiger partial charge in [-0.3, -0.25) is 14.5 Å². The Morgan fingerprint density at radius 3 is 2.44 bits per heavy atom. The smallest absolute Gasteiger partial charge is 0.325 e. The highest BCUT2D eigenvalue weighted by Gasteiger charge is 2.40. The Morgan fingerprint density at radius 2 is 1.76 bits per heavy atom. The Balaban J connectivity index is 1.87. The number of esters is 1. The fourth-order valence-corrected chi connectivity index (χ4v) is 4.33. The van der Waals surface area contributed by atoms with E-state index in [1.165, 1.54) is 16.9 Å². The average Bonchev–Trinajstić information content (AvgIpc) is 3.09. The van der Waals surface area contributed by atoms with E-state index in [9.17, 15) is 9.59 Å². The van der Waals surface area contributed by atoms with Gasteiger partial charge in [0.05, 0.1) is 19.4 Å². The number of thiocarbonyl (C=S) groups is 1. The van der Waals surface area contributed by atoms with Crippen LogP contribution >= 0.6 is 12.2 Å². The molecule has 7 heteroatoms. The lowest BCUT2D eigenvalue weighted by molar-refractivity contribution is -0.140. The number of ether oxygens (including phenoxy) is 2. The van der Waals surface area contributed by atoms with E-state index in [1.54, 1.807) is 6.08 Å². The predicted octanol–water partition coefficient (Wildman–Crippen LogP) is 4.95. The van der Waals surface area contributed by atoms with Crippen molar-refractivity contribution in [2.45, 2.75) is 20.3 Å². The van der Waals surface area contributed by atoms with Crippen LogP contribution in [-0.2, 0) is 20.7 Å². The molecule has 0 unspecified atom stereocenters. The molecule has 6 nitrogen and oxygen atoms in total. The Hall–Kier alpha value is -3.71. The second kappa shape index (κ2) is 10.1. The van der Waals surface area contributed by atoms with Crippen molar-refractivity contribution in [2.24, 2.45) is 0 Å². The van der Waals surface area contributed by atoms with Crippen LogP contribution in [0.4, 0.5) is 5.69 Å². The van der Waals surface area contributed by atoms with Gasteiger partial charge >= 0.3 is 5.97 Å². The Morgan fingerprint density at radius 1 is 1.03 bits per heavy atom. The van der Waals surface area contributed by atoms with E-state index in [0.717, 1.165) is 28.3 Å². The molecule has 0 spiro atoms. The van der Waals surface area contributed by atoms with Crippen molar-refractivity contribution in [1.29, 1.82) is 0 Å². The van der Waals surface area contributed by atoms with E-state index in [1.807, 2.05) is 67.6 Å². The van der Waals surface area contributed by atoms with Crippen LogP contribution in [0.2, 0.25) is 0 Å². The summed E-state index contributed by atoms with van der Waals surface area (Å²) in [6.07, 6.45) is 2.64. The van der Waals surface area contributed by atoms with Gasteiger partial charge in [-0.25, -0.2) is 0 Å². The molecule has 0 saturated carbocycles. The van der Waals surface area contributed by atoms with Crippen LogP contribution in [0.25, 0.3) is 16.8 Å². The van der Waals surface area contributed by atoms with Crippen LogP contribution < -0.4 is 9.64 Å². The molecule has 34 heavy (non-hydrogen) atoms. The van der Waals surface area contributed by atoms with Crippen LogP contribution in [0, 0.1) is 0 Å². The highest BCUT2D eigenvalue weighted by molar-refractivity contribution is 7.80. The van der Waals surface area contributed by atoms with E-state index < -0.39 is 5.97 Å². The van der Waals surface area contributed by atoms with Crippen LogP contribution in [0.5, 0.6) is 5.75 Å². The van der Waals surface area contributed by atoms with Gasteiger partial charge in [0.15, 0.2) is 5.11 Å². The van der Waals surface area contributed by atoms with Crippen molar-refractivity contribution in [3.8, 4) is 5.75 Å². The second-order valence-electron chi connectivity index (χ2n) is 7.77. The van der Waals surface area contributed by atoms with Gasteiger partial charge < -0.3 is 14.4 Å². The molecule has 4 rings (SSSR count). The number of hydrogen-bond acceptors (Lipinski definition) is 5. The molecular weight excluding hydrogens is 448 g/mol. The fraction of sp³-hybridized carbons (Fsp3) is 0.222. The van der Waals surface area contributed by atoms with Gasteiger partial charge in [-0.15, -0.1) is 0 Å². The van der Waals surface area contributed by atoms with E-state index in [4.69, 9.17) is 21.7 Å². The van der Waals surface area contributed by atoms with Gasteiger partial charge in [-0.1, -0.05) is 49.4 Å². The molecule has 1 amide bonds. The minimum atomic E-state index is -0.493. The number of fused-ring (bicyclic) bond motifs is 1. The molecule has 3 aromatic carbocycles. The van der Waals surface area contributed by atoms with Crippen molar-refractivity contribution in [3.63, 3.8) is 0 Å². The van der Waals surface area contributed by atoms with E-state index in [0.29, 0.717) is 18.0 Å². The van der Waals surface area contributed by atoms with Crippen molar-refractivity contribution in [2.75, 3.05) is 25.2 Å². The predicted molar refractivity (Wildman–Crippen MR) is 138 cm³/mol. The number of nitrogens with zero attached hydrogens (tertiary/aromatic N) is 2. The number of benzene rings is 3. The van der Waals surface area contributed by atoms with E-state index in [-0.39, 0.29) is 23.3 Å². The van der Waals surface area contributed by atoms with Crippen molar-refractivity contribution in [1.82, 2.24) is 4.90 Å². The first kappa shape index (κ1) is 23.4. The van der Waals surface area contributed by atoms with Gasteiger partial charge in [-0.05, 0) is 66.2 Å². The fourth-order valence-electron chi connectivity index (χ4n) is 3.98. The molecule has 0 aromatic heterocycles. The van der Waals surface area contributed by atoms with Gasteiger partial charge in [0.1, 0.15) is 18.0 Å². The highest BCUT2D eigenvalue weighted by atomic mass is 32.1. The first-order valence-corrected chi connectivity index (χ1v) is 11.6. The summed E-state index contributed by atoms with van der Waals surface area (Å²) < 4.78 is 10.8. The number of rotatable bonds is 7. The van der Waals surface area contributed by atoms with Crippen molar-refractivity contribution < 1.29 is 19.1 Å². The minimum absolute atomic E-state index is 0.175. The molecule has 0 radical (unpaired) electrons. The van der Waals surface area contributed by atoms with Crippen LogP contribution in [0.1, 0.15) is 25.0 Å². The Bertz CT molecular complexity index is 1280. The molecule has 0 atom stereocenters. The number of anilines is 1. The summed E-state index contributed by atoms with van der Waals surface area (Å²) >= 11 is 5.67. The maximum atomic E-state index is 13.7. The lowest BCUT2D eigenvalue weighted by Gasteiger charge is -2.19. The first-order chi connectivity index (χ1) is 16.5. The number of hydrogen-bond donors (Lipinski definition) is 0. The number of carbonyl (C=O) groups excluding carboxylic acids is 2. The maximum absolute atomic E-state index is 13.7. The zero-order valence-electron chi connectivity index (χ0n) is 19.4. The highest BCUT2D eigenvalue weighted by Crippen LogP contribution is 2.34. The summed E-state index contributed by atoms with van der Waals surface area (Å²) in [5.74, 6) is -0.156. The minimum Gasteiger partial charge on any atom is -0.493 e. The monoisotopic (exact) mass is 474 g/mol. The van der Waals surface area contributed by atoms with Crippen LogP contribution in [0.15, 0.2) is 66.4 Å². The quantitative estimate of drug-likeness (QED) is 0.274. The third-order valence-corrected chi connectivity index (χ3v) is 6.17. The molecule has 1 aliphatic rings. The lowest BCUT2D eigenvalue weighted by Crippen LogP contribution is -2.35. The summed E-state index contributed by atoms with van der Waals surface area (Å²) in [6, 6.07) is 19.4. The lowest BCUT2D eigenvalue weighted by atomic mass is 10.0. The number of methoxy groups -OCH3 is 1. The summed E-state index contributed by atoms with van der Waals surface area (Å²) in [4.78, 5) is 28.9. The third-order valence-electron chi connectivity index (χ3n) is 5.76. The second-order valence-corrected chi connectivity index (χ2v) is 8.13. The molecular formula is C27H26N2O4S. The molecule has 3 aromatic rings. The summed E-state index contributed by atoms with van der Waals surface area (Å²) in [7, 11) is 1.31. The number of amides is 1. The molecule has 1 saturated heterocycles. The van der Waals surface area contributed by atoms with Gasteiger partial charge in [0, 0.05) is 5.56 Å². The molecule has 174 valence electrons. The largest absolute Gasteiger partial charge is 0.493 e. The SMILES string of the molecule is CCOc1ccc2ccccc2c1/C=C1/C(=O)N(c2ccc(CC)cc2)C(=S)N1CC(=O)OC. The Labute approximate surface area is 204 Å². The molecule has 1 aliphatic heterocycles. The zero-order valence-corrected chi connectivity index (χ0v) is 20.2. The number of carbonyl (C=O) groups is 2. The van der Waals surface area contributed by atoms with Crippen molar-refractivity contribution >= 4 is 51.7 Å². The summed E-state index contributed by atoms with van der Waals surface area (Å²) in [6.45, 7) is 4.28. The maximum Gasteiger partial charge on any atom is 0.325 e. The van der Waals surface area contributed by atoms with E-state index in [2.05, 4.69) is 6.92 Å². The molecule has 0 bridgehead atoms. The molecule has 0 N–H and O–H groups in total. The Kier molecular flexibility index (Phi) is 6.93. The third kappa shape index (κ3) is 4.39. The van der Waals surface area contributed by atoms with Crippen LogP contribution in [0.3, 0.4) is 0 Å². The normalized spacial score (nSPS) is 14.9. The topological polar surface area (TPSA) is 59.1 Å².